The number of rotatable bonds is 2. The van der Waals surface area contributed by atoms with Crippen molar-refractivity contribution in [1.82, 2.24) is 0 Å². The van der Waals surface area contributed by atoms with Crippen LogP contribution in [0.25, 0.3) is 0 Å². The number of hydrogen-bond acceptors (Lipinski definition) is 1. The van der Waals surface area contributed by atoms with E-state index >= 15 is 0 Å². The predicted molar refractivity (Wildman–Crippen MR) is 88.6 cm³/mol. The van der Waals surface area contributed by atoms with Gasteiger partial charge in [-0.1, -0.05) is 55.5 Å². The van der Waals surface area contributed by atoms with Crippen LogP contribution >= 0.6 is 0 Å². The van der Waals surface area contributed by atoms with Crippen LogP contribution < -0.4 is 5.32 Å². The molecule has 0 saturated heterocycles. The molecule has 1 aliphatic carbocycles. The molecule has 112 valence electrons. The lowest BCUT2D eigenvalue weighted by Gasteiger charge is -2.37. The number of halogens is 1. The summed E-state index contributed by atoms with van der Waals surface area (Å²) in [7, 11) is 0. The maximum Gasteiger partial charge on any atom is 0.146 e. The van der Waals surface area contributed by atoms with Crippen LogP contribution in [-0.4, -0.2) is 0 Å². The van der Waals surface area contributed by atoms with Gasteiger partial charge in [-0.05, 0) is 41.5 Å². The molecule has 0 amide bonds. The second kappa shape index (κ2) is 5.28. The number of para-hydroxylation sites is 1. The van der Waals surface area contributed by atoms with Crippen LogP contribution in [-0.2, 0) is 6.42 Å². The minimum atomic E-state index is -0.147. The van der Waals surface area contributed by atoms with Gasteiger partial charge in [-0.25, -0.2) is 4.39 Å². The van der Waals surface area contributed by atoms with Crippen molar-refractivity contribution in [2.75, 3.05) is 5.32 Å². The normalized spacial score (nSPS) is 25.5. The summed E-state index contributed by atoms with van der Waals surface area (Å²) < 4.78 is 14.2. The molecule has 0 spiro atoms. The molecule has 2 aromatic rings. The summed E-state index contributed by atoms with van der Waals surface area (Å²) in [6, 6.07) is 14.3. The molecule has 3 atom stereocenters. The van der Waals surface area contributed by atoms with E-state index in [9.17, 15) is 4.39 Å². The van der Waals surface area contributed by atoms with E-state index in [-0.39, 0.29) is 11.9 Å². The number of anilines is 1. The lowest BCUT2D eigenvalue weighted by molar-refractivity contribution is 0.421. The van der Waals surface area contributed by atoms with Gasteiger partial charge in [-0.15, -0.1) is 0 Å². The third kappa shape index (κ3) is 2.06. The summed E-state index contributed by atoms with van der Waals surface area (Å²) in [4.78, 5) is 0. The van der Waals surface area contributed by atoms with E-state index < -0.39 is 0 Å². The molecule has 0 fully saturated rings. The molecular weight excluding hydrogens is 273 g/mol. The minimum absolute atomic E-state index is 0.147. The van der Waals surface area contributed by atoms with Crippen molar-refractivity contribution in [2.24, 2.45) is 5.92 Å². The van der Waals surface area contributed by atoms with Gasteiger partial charge in [0.15, 0.2) is 0 Å². The fourth-order valence-corrected chi connectivity index (χ4v) is 3.87. The highest BCUT2D eigenvalue weighted by atomic mass is 19.1. The lowest BCUT2D eigenvalue weighted by atomic mass is 9.77. The Morgan fingerprint density at radius 1 is 1.14 bits per heavy atom. The van der Waals surface area contributed by atoms with E-state index in [2.05, 4.69) is 54.7 Å². The van der Waals surface area contributed by atoms with Crippen LogP contribution in [0.3, 0.4) is 0 Å². The van der Waals surface area contributed by atoms with Gasteiger partial charge in [0.1, 0.15) is 5.82 Å². The molecule has 2 heteroatoms. The molecule has 1 heterocycles. The van der Waals surface area contributed by atoms with Gasteiger partial charge in [0.25, 0.3) is 0 Å². The average Bonchev–Trinajstić information content (AvgIpc) is 3.05. The molecule has 1 nitrogen and oxygen atoms in total. The Hall–Kier alpha value is -2.09. The van der Waals surface area contributed by atoms with Crippen LogP contribution in [0.5, 0.6) is 0 Å². The molecule has 0 bridgehead atoms. The van der Waals surface area contributed by atoms with Crippen molar-refractivity contribution in [1.29, 1.82) is 0 Å². The van der Waals surface area contributed by atoms with E-state index in [1.165, 1.54) is 11.1 Å². The van der Waals surface area contributed by atoms with Gasteiger partial charge in [-0.3, -0.25) is 0 Å². The lowest BCUT2D eigenvalue weighted by Crippen LogP contribution is -2.29. The van der Waals surface area contributed by atoms with E-state index in [1.54, 1.807) is 6.07 Å². The van der Waals surface area contributed by atoms with E-state index in [1.807, 2.05) is 6.07 Å². The van der Waals surface area contributed by atoms with Crippen LogP contribution in [0.1, 0.15) is 42.0 Å². The fraction of sp³-hybridized carbons (Fsp3) is 0.300. The molecular formula is C20H20FN. The number of hydrogen-bond donors (Lipinski definition) is 1. The van der Waals surface area contributed by atoms with Crippen molar-refractivity contribution < 1.29 is 4.39 Å². The van der Waals surface area contributed by atoms with Crippen molar-refractivity contribution in [3.8, 4) is 0 Å². The maximum atomic E-state index is 14.2. The number of aryl methyl sites for hydroxylation is 1. The quantitative estimate of drug-likeness (QED) is 0.749. The van der Waals surface area contributed by atoms with Gasteiger partial charge in [-0.2, -0.15) is 0 Å². The first-order chi connectivity index (χ1) is 10.8. The zero-order valence-corrected chi connectivity index (χ0v) is 12.7. The van der Waals surface area contributed by atoms with Gasteiger partial charge in [0.2, 0.25) is 0 Å². The highest BCUT2D eigenvalue weighted by Gasteiger charge is 2.38. The summed E-state index contributed by atoms with van der Waals surface area (Å²) in [6.45, 7) is 2.16. The van der Waals surface area contributed by atoms with Crippen LogP contribution in [0, 0.1) is 11.7 Å². The maximum absolute atomic E-state index is 14.2. The molecule has 2 aromatic carbocycles. The van der Waals surface area contributed by atoms with E-state index in [4.69, 9.17) is 0 Å². The highest BCUT2D eigenvalue weighted by Crippen LogP contribution is 2.50. The molecule has 1 N–H and O–H groups in total. The topological polar surface area (TPSA) is 12.0 Å². The second-order valence-electron chi connectivity index (χ2n) is 6.27. The first-order valence-electron chi connectivity index (χ1n) is 8.08. The van der Waals surface area contributed by atoms with Crippen molar-refractivity contribution in [3.63, 3.8) is 0 Å². The molecule has 2 aliphatic rings. The van der Waals surface area contributed by atoms with E-state index in [0.29, 0.717) is 17.5 Å². The molecule has 0 saturated carbocycles. The SMILES string of the molecule is CCc1ccc([C@@H]2Nc3c(F)cccc3[C@@H]3C=CC[C@@H]32)cc1. The molecule has 22 heavy (non-hydrogen) atoms. The summed E-state index contributed by atoms with van der Waals surface area (Å²) in [5, 5.41) is 3.48. The highest BCUT2D eigenvalue weighted by molar-refractivity contribution is 5.60. The van der Waals surface area contributed by atoms with Gasteiger partial charge < -0.3 is 5.32 Å². The molecule has 1 aliphatic heterocycles. The summed E-state index contributed by atoms with van der Waals surface area (Å²) in [5.74, 6) is 0.649. The van der Waals surface area contributed by atoms with Crippen LogP contribution in [0.2, 0.25) is 0 Å². The van der Waals surface area contributed by atoms with E-state index in [0.717, 1.165) is 18.4 Å². The zero-order valence-electron chi connectivity index (χ0n) is 12.7. The van der Waals surface area contributed by atoms with Crippen molar-refractivity contribution in [3.05, 3.63) is 77.1 Å². The Kier molecular flexibility index (Phi) is 3.25. The number of nitrogens with one attached hydrogen (secondary N) is 1. The zero-order chi connectivity index (χ0) is 15.1. The third-order valence-electron chi connectivity index (χ3n) is 5.09. The van der Waals surface area contributed by atoms with Crippen LogP contribution in [0.4, 0.5) is 10.1 Å². The molecule has 0 aromatic heterocycles. The monoisotopic (exact) mass is 293 g/mol. The average molecular weight is 293 g/mol. The van der Waals surface area contributed by atoms with Crippen LogP contribution in [0.15, 0.2) is 54.6 Å². The summed E-state index contributed by atoms with van der Waals surface area (Å²) >= 11 is 0. The Balaban J connectivity index is 1.76. The second-order valence-corrected chi connectivity index (χ2v) is 6.27. The molecule has 0 radical (unpaired) electrons. The summed E-state index contributed by atoms with van der Waals surface area (Å²) in [6.07, 6.45) is 6.58. The smallest absolute Gasteiger partial charge is 0.146 e. The van der Waals surface area contributed by atoms with Gasteiger partial charge in [0, 0.05) is 5.92 Å². The first-order valence-corrected chi connectivity index (χ1v) is 8.08. The molecule has 4 rings (SSSR count). The number of fused-ring (bicyclic) bond motifs is 3. The Bertz CT molecular complexity index is 717. The fourth-order valence-electron chi connectivity index (χ4n) is 3.87. The standard InChI is InChI=1S/C20H20FN/c1-2-13-9-11-14(12-10-13)19-16-6-3-5-15(16)17-7-4-8-18(21)20(17)22-19/h3-5,7-12,15-16,19,22H,2,6H2,1H3/t15-,16+,19+/m1/s1. The summed E-state index contributed by atoms with van der Waals surface area (Å²) in [5.41, 5.74) is 4.37. The number of benzene rings is 2. The molecule has 0 unspecified atom stereocenters. The minimum Gasteiger partial charge on any atom is -0.375 e. The third-order valence-corrected chi connectivity index (χ3v) is 5.09. The largest absolute Gasteiger partial charge is 0.375 e. The Morgan fingerprint density at radius 2 is 1.95 bits per heavy atom. The van der Waals surface area contributed by atoms with Gasteiger partial charge in [0.05, 0.1) is 11.7 Å². The van der Waals surface area contributed by atoms with Gasteiger partial charge >= 0.3 is 0 Å². The van der Waals surface area contributed by atoms with Crippen molar-refractivity contribution >= 4 is 5.69 Å². The first kappa shape index (κ1) is 13.6. The number of allylic oxidation sites excluding steroid dienone is 2. The Labute approximate surface area is 130 Å². The Morgan fingerprint density at radius 3 is 2.73 bits per heavy atom. The predicted octanol–water partition coefficient (Wildman–Crippen LogP) is 5.21. The van der Waals surface area contributed by atoms with Crippen molar-refractivity contribution in [2.45, 2.75) is 31.7 Å².